The van der Waals surface area contributed by atoms with Gasteiger partial charge in [-0.1, -0.05) is 0 Å². The van der Waals surface area contributed by atoms with Gasteiger partial charge in [0.1, 0.15) is 26.2 Å². The van der Waals surface area contributed by atoms with Crippen molar-refractivity contribution >= 4 is 41.9 Å². The summed E-state index contributed by atoms with van der Waals surface area (Å²) >= 11 is 0. The Kier molecular flexibility index (Phi) is 4.58. The molecule has 0 atom stereocenters. The monoisotopic (exact) mass is 480 g/mol. The SMILES string of the molecule is O=C1c2ccc(S(=O)(=O)O)c(O)c2C(=O)c2c(O)c(S(=O)(=O)O)cc(S(=O)(=O)O)c21. The van der Waals surface area contributed by atoms with Crippen molar-refractivity contribution in [3.05, 3.63) is 40.5 Å². The summed E-state index contributed by atoms with van der Waals surface area (Å²) in [6, 6.07) is 1.21. The van der Waals surface area contributed by atoms with Crippen LogP contribution < -0.4 is 0 Å². The number of carbonyl (C=O) groups excluding carboxylic acids is 2. The maximum atomic E-state index is 12.8. The molecule has 2 aromatic carbocycles. The first kappa shape index (κ1) is 21.8. The minimum Gasteiger partial charge on any atom is -0.506 e. The van der Waals surface area contributed by atoms with Gasteiger partial charge < -0.3 is 10.2 Å². The molecule has 1 aliphatic carbocycles. The highest BCUT2D eigenvalue weighted by molar-refractivity contribution is 7.87. The topological polar surface area (TPSA) is 238 Å². The Balaban J connectivity index is 2.57. The second-order valence-electron chi connectivity index (χ2n) is 5.89. The molecule has 13 nitrogen and oxygen atoms in total. The first-order valence-corrected chi connectivity index (χ1v) is 11.6. The molecule has 160 valence electrons. The lowest BCUT2D eigenvalue weighted by Crippen LogP contribution is -2.25. The highest BCUT2D eigenvalue weighted by Crippen LogP contribution is 2.43. The fourth-order valence-corrected chi connectivity index (χ4v) is 4.92. The molecule has 0 saturated carbocycles. The fraction of sp³-hybridized carbons (Fsp3) is 0. The summed E-state index contributed by atoms with van der Waals surface area (Å²) in [7, 11) is -15.9. The van der Waals surface area contributed by atoms with Gasteiger partial charge >= 0.3 is 0 Å². The van der Waals surface area contributed by atoms with Crippen LogP contribution in [0.2, 0.25) is 0 Å². The van der Waals surface area contributed by atoms with Gasteiger partial charge in [0.2, 0.25) is 5.78 Å². The third-order valence-electron chi connectivity index (χ3n) is 4.13. The van der Waals surface area contributed by atoms with Crippen LogP contribution in [0.1, 0.15) is 31.8 Å². The number of fused-ring (bicyclic) bond motifs is 2. The molecular weight excluding hydrogens is 472 g/mol. The first-order chi connectivity index (χ1) is 13.5. The zero-order chi connectivity index (χ0) is 23.0. The first-order valence-electron chi connectivity index (χ1n) is 7.25. The number of ketones is 2. The van der Waals surface area contributed by atoms with Gasteiger partial charge in [-0.05, 0) is 18.2 Å². The van der Waals surface area contributed by atoms with Crippen LogP contribution in [0.25, 0.3) is 0 Å². The predicted molar refractivity (Wildman–Crippen MR) is 92.5 cm³/mol. The van der Waals surface area contributed by atoms with Crippen molar-refractivity contribution in [3.63, 3.8) is 0 Å². The molecular formula is C14H8O13S3. The van der Waals surface area contributed by atoms with Crippen molar-refractivity contribution in [1.29, 1.82) is 0 Å². The van der Waals surface area contributed by atoms with E-state index in [4.69, 9.17) is 4.55 Å². The molecule has 0 aromatic heterocycles. The van der Waals surface area contributed by atoms with Gasteiger partial charge in [0.15, 0.2) is 5.78 Å². The van der Waals surface area contributed by atoms with Crippen molar-refractivity contribution < 1.29 is 58.7 Å². The van der Waals surface area contributed by atoms with Crippen LogP contribution in [0.4, 0.5) is 0 Å². The quantitative estimate of drug-likeness (QED) is 0.301. The Morgan fingerprint density at radius 1 is 0.567 bits per heavy atom. The summed E-state index contributed by atoms with van der Waals surface area (Å²) in [4.78, 5) is 21.4. The second-order valence-corrected chi connectivity index (χ2v) is 10.1. The van der Waals surface area contributed by atoms with Crippen molar-refractivity contribution in [1.82, 2.24) is 0 Å². The highest BCUT2D eigenvalue weighted by Gasteiger charge is 2.42. The van der Waals surface area contributed by atoms with E-state index in [0.717, 1.165) is 0 Å². The molecule has 0 saturated heterocycles. The van der Waals surface area contributed by atoms with Gasteiger partial charge in [0.25, 0.3) is 30.4 Å². The summed E-state index contributed by atoms with van der Waals surface area (Å²) in [5.41, 5.74) is -4.41. The summed E-state index contributed by atoms with van der Waals surface area (Å²) in [6.07, 6.45) is 0. The molecule has 0 spiro atoms. The van der Waals surface area contributed by atoms with Crippen molar-refractivity contribution in [2.24, 2.45) is 0 Å². The van der Waals surface area contributed by atoms with Crippen LogP contribution in [0, 0.1) is 0 Å². The largest absolute Gasteiger partial charge is 0.506 e. The Hall–Kier alpha value is -2.89. The number of benzene rings is 2. The fourth-order valence-electron chi connectivity index (χ4n) is 2.93. The van der Waals surface area contributed by atoms with E-state index < -0.39 is 90.4 Å². The standard InChI is InChI=1S/C14H8O13S3/c15-11-4-1-2-5(28(19,20)21)12(16)8(4)14(18)10-9(11)6(29(22,23)24)3-7(13(10)17)30(25,26)27/h1-3,16-17H,(H,19,20,21)(H,22,23,24)(H,25,26,27). The van der Waals surface area contributed by atoms with E-state index in [1.54, 1.807) is 0 Å². The maximum absolute atomic E-state index is 12.8. The van der Waals surface area contributed by atoms with Crippen molar-refractivity contribution in [3.8, 4) is 11.5 Å². The van der Waals surface area contributed by atoms with Gasteiger partial charge in [0.05, 0.1) is 16.7 Å². The molecule has 1 aliphatic rings. The van der Waals surface area contributed by atoms with Crippen LogP contribution >= 0.6 is 0 Å². The lowest BCUT2D eigenvalue weighted by molar-refractivity contribution is 0.0970. The van der Waals surface area contributed by atoms with Crippen LogP contribution in [-0.2, 0) is 30.4 Å². The average Bonchev–Trinajstić information content (AvgIpc) is 2.55. The highest BCUT2D eigenvalue weighted by atomic mass is 32.2. The Morgan fingerprint density at radius 2 is 1.03 bits per heavy atom. The summed E-state index contributed by atoms with van der Waals surface area (Å²) in [5.74, 6) is -6.10. The molecule has 0 unspecified atom stereocenters. The van der Waals surface area contributed by atoms with Crippen molar-refractivity contribution in [2.45, 2.75) is 14.7 Å². The molecule has 0 aliphatic heterocycles. The number of phenols is 2. The van der Waals surface area contributed by atoms with E-state index >= 15 is 0 Å². The number of aromatic hydroxyl groups is 2. The minimum absolute atomic E-state index is 0.0431. The molecule has 0 fully saturated rings. The van der Waals surface area contributed by atoms with E-state index in [9.17, 15) is 54.2 Å². The minimum atomic E-state index is -5.40. The normalized spacial score (nSPS) is 14.4. The lowest BCUT2D eigenvalue weighted by atomic mass is 9.83. The number of rotatable bonds is 3. The summed E-state index contributed by atoms with van der Waals surface area (Å²) in [5, 5.41) is 20.3. The third-order valence-corrected chi connectivity index (χ3v) is 6.76. The molecule has 0 bridgehead atoms. The van der Waals surface area contributed by atoms with Crippen LogP contribution in [0.5, 0.6) is 11.5 Å². The maximum Gasteiger partial charge on any atom is 0.298 e. The molecule has 0 radical (unpaired) electrons. The molecule has 0 amide bonds. The Bertz CT molecular complexity index is 1500. The Labute approximate surface area is 167 Å². The zero-order valence-electron chi connectivity index (χ0n) is 14.0. The molecule has 2 aromatic rings. The smallest absolute Gasteiger partial charge is 0.298 e. The van der Waals surface area contributed by atoms with Gasteiger partial charge in [-0.25, -0.2) is 0 Å². The molecule has 3 rings (SSSR count). The van der Waals surface area contributed by atoms with E-state index in [-0.39, 0.29) is 6.07 Å². The van der Waals surface area contributed by atoms with Crippen LogP contribution in [0.3, 0.4) is 0 Å². The van der Waals surface area contributed by atoms with E-state index in [0.29, 0.717) is 12.1 Å². The van der Waals surface area contributed by atoms with Gasteiger partial charge in [-0.15, -0.1) is 0 Å². The van der Waals surface area contributed by atoms with E-state index in [1.807, 2.05) is 0 Å². The number of phenolic OH excluding ortho intramolecular Hbond substituents is 2. The van der Waals surface area contributed by atoms with Crippen LogP contribution in [0.15, 0.2) is 32.9 Å². The molecule has 30 heavy (non-hydrogen) atoms. The Morgan fingerprint density at radius 3 is 1.50 bits per heavy atom. The molecule has 0 heterocycles. The van der Waals surface area contributed by atoms with Gasteiger partial charge in [-0.2, -0.15) is 25.3 Å². The van der Waals surface area contributed by atoms with Gasteiger partial charge in [-0.3, -0.25) is 23.2 Å². The average molecular weight is 480 g/mol. The third kappa shape index (κ3) is 3.15. The number of hydrogen-bond donors (Lipinski definition) is 5. The summed E-state index contributed by atoms with van der Waals surface area (Å²) < 4.78 is 96.7. The zero-order valence-corrected chi connectivity index (χ0v) is 16.4. The lowest BCUT2D eigenvalue weighted by Gasteiger charge is -2.22. The van der Waals surface area contributed by atoms with Crippen LogP contribution in [-0.4, -0.2) is 60.7 Å². The van der Waals surface area contributed by atoms with E-state index in [1.165, 1.54) is 0 Å². The predicted octanol–water partition coefficient (Wildman–Crippen LogP) is -0.387. The van der Waals surface area contributed by atoms with Crippen molar-refractivity contribution in [2.75, 3.05) is 0 Å². The second kappa shape index (κ2) is 6.30. The van der Waals surface area contributed by atoms with E-state index in [2.05, 4.69) is 0 Å². The van der Waals surface area contributed by atoms with Gasteiger partial charge in [0, 0.05) is 5.56 Å². The summed E-state index contributed by atoms with van der Waals surface area (Å²) in [6.45, 7) is 0. The number of carbonyl (C=O) groups is 2. The number of hydrogen-bond acceptors (Lipinski definition) is 10. The molecule has 16 heteroatoms. The molecule has 5 N–H and O–H groups in total.